The lowest BCUT2D eigenvalue weighted by atomic mass is 9.66. The Labute approximate surface area is 119 Å². The van der Waals surface area contributed by atoms with E-state index in [1.807, 2.05) is 13.8 Å². The van der Waals surface area contributed by atoms with E-state index >= 15 is 0 Å². The maximum atomic E-state index is 12.2. The summed E-state index contributed by atoms with van der Waals surface area (Å²) in [6, 6.07) is -0.108. The van der Waals surface area contributed by atoms with Crippen molar-refractivity contribution < 1.29 is 19.4 Å². The monoisotopic (exact) mass is 284 g/mol. The second-order valence-corrected chi connectivity index (χ2v) is 6.25. The van der Waals surface area contributed by atoms with Crippen LogP contribution in [0.1, 0.15) is 39.5 Å². The van der Waals surface area contributed by atoms with Gasteiger partial charge in [0.1, 0.15) is 0 Å². The fourth-order valence-corrected chi connectivity index (χ4v) is 3.13. The van der Waals surface area contributed by atoms with Gasteiger partial charge in [-0.3, -0.25) is 4.79 Å². The molecule has 2 N–H and O–H groups in total. The molecule has 0 bridgehead atoms. The summed E-state index contributed by atoms with van der Waals surface area (Å²) in [7, 11) is 0. The van der Waals surface area contributed by atoms with E-state index in [0.29, 0.717) is 19.6 Å². The highest BCUT2D eigenvalue weighted by atomic mass is 16.5. The van der Waals surface area contributed by atoms with Gasteiger partial charge < -0.3 is 20.1 Å². The van der Waals surface area contributed by atoms with Gasteiger partial charge in [-0.1, -0.05) is 6.42 Å². The maximum Gasteiger partial charge on any atom is 0.317 e. The van der Waals surface area contributed by atoms with Crippen LogP contribution >= 0.6 is 0 Å². The number of carbonyl (C=O) groups excluding carboxylic acids is 1. The van der Waals surface area contributed by atoms with E-state index in [4.69, 9.17) is 9.84 Å². The number of hydrogen-bond acceptors (Lipinski definition) is 3. The third kappa shape index (κ3) is 3.62. The minimum absolute atomic E-state index is 0.0428. The molecular weight excluding hydrogens is 260 g/mol. The third-order valence-corrected chi connectivity index (χ3v) is 4.26. The number of amides is 2. The van der Waals surface area contributed by atoms with Gasteiger partial charge in [-0.2, -0.15) is 0 Å². The van der Waals surface area contributed by atoms with Crippen LogP contribution in [-0.2, 0) is 9.53 Å². The number of carbonyl (C=O) groups is 2. The zero-order valence-corrected chi connectivity index (χ0v) is 12.2. The summed E-state index contributed by atoms with van der Waals surface area (Å²) < 4.78 is 5.60. The lowest BCUT2D eigenvalue weighted by Crippen LogP contribution is -2.54. The minimum Gasteiger partial charge on any atom is -0.481 e. The molecule has 2 aliphatic rings. The number of urea groups is 1. The zero-order chi connectivity index (χ0) is 14.8. The van der Waals surface area contributed by atoms with Gasteiger partial charge in [0.15, 0.2) is 0 Å². The van der Waals surface area contributed by atoms with Crippen molar-refractivity contribution in [2.45, 2.75) is 51.7 Å². The molecule has 1 aliphatic carbocycles. The number of nitrogens with zero attached hydrogens (tertiary/aromatic N) is 1. The van der Waals surface area contributed by atoms with E-state index in [2.05, 4.69) is 5.32 Å². The van der Waals surface area contributed by atoms with Crippen LogP contribution in [0.5, 0.6) is 0 Å². The summed E-state index contributed by atoms with van der Waals surface area (Å²) in [6.45, 7) is 5.53. The van der Waals surface area contributed by atoms with Crippen molar-refractivity contribution in [3.05, 3.63) is 0 Å². The Balaban J connectivity index is 1.83. The number of aliphatic carboxylic acids is 1. The fraction of sp³-hybridized carbons (Fsp3) is 0.857. The number of rotatable bonds is 4. The lowest BCUT2D eigenvalue weighted by molar-refractivity contribution is -0.141. The summed E-state index contributed by atoms with van der Waals surface area (Å²) in [5.41, 5.74) is -0.231. The first kappa shape index (κ1) is 15.1. The SMILES string of the molecule is CC1CN(C(=O)NCC2(CC(=O)O)CCC2)CC(C)O1. The quantitative estimate of drug-likeness (QED) is 0.819. The number of nitrogens with one attached hydrogen (secondary N) is 1. The Bertz CT molecular complexity index is 371. The largest absolute Gasteiger partial charge is 0.481 e. The van der Waals surface area contributed by atoms with E-state index < -0.39 is 5.97 Å². The summed E-state index contributed by atoms with van der Waals surface area (Å²) in [5, 5.41) is 11.9. The normalized spacial score (nSPS) is 28.6. The van der Waals surface area contributed by atoms with E-state index in [1.54, 1.807) is 4.90 Å². The van der Waals surface area contributed by atoms with Crippen molar-refractivity contribution in [1.82, 2.24) is 10.2 Å². The Morgan fingerprint density at radius 2 is 1.90 bits per heavy atom. The Kier molecular flexibility index (Phi) is 4.52. The predicted molar refractivity (Wildman–Crippen MR) is 73.5 cm³/mol. The number of morpholine rings is 1. The summed E-state index contributed by atoms with van der Waals surface area (Å²) in [4.78, 5) is 24.8. The highest BCUT2D eigenvalue weighted by Crippen LogP contribution is 2.43. The molecule has 2 unspecified atom stereocenters. The molecule has 6 heteroatoms. The van der Waals surface area contributed by atoms with Gasteiger partial charge in [0.25, 0.3) is 0 Å². The molecular formula is C14H24N2O4. The average molecular weight is 284 g/mol. The molecule has 1 saturated heterocycles. The molecule has 6 nitrogen and oxygen atoms in total. The molecule has 114 valence electrons. The average Bonchev–Trinajstić information content (AvgIpc) is 2.30. The predicted octanol–water partition coefficient (Wildman–Crippen LogP) is 1.45. The molecule has 2 amide bonds. The summed E-state index contributed by atoms with van der Waals surface area (Å²) in [6.07, 6.45) is 3.05. The first-order valence-corrected chi connectivity index (χ1v) is 7.30. The molecule has 0 aromatic rings. The van der Waals surface area contributed by atoms with Crippen LogP contribution in [0.25, 0.3) is 0 Å². The summed E-state index contributed by atoms with van der Waals surface area (Å²) in [5.74, 6) is -0.785. The first-order valence-electron chi connectivity index (χ1n) is 7.30. The Hall–Kier alpha value is -1.30. The van der Waals surface area contributed by atoms with Crippen LogP contribution < -0.4 is 5.32 Å². The molecule has 2 rings (SSSR count). The van der Waals surface area contributed by atoms with Crippen molar-refractivity contribution in [3.63, 3.8) is 0 Å². The van der Waals surface area contributed by atoms with E-state index in [-0.39, 0.29) is 30.1 Å². The van der Waals surface area contributed by atoms with Gasteiger partial charge in [-0.25, -0.2) is 4.79 Å². The lowest BCUT2D eigenvalue weighted by Gasteiger charge is -2.42. The first-order chi connectivity index (χ1) is 9.40. The van der Waals surface area contributed by atoms with Gasteiger partial charge >= 0.3 is 12.0 Å². The minimum atomic E-state index is -0.785. The van der Waals surface area contributed by atoms with Crippen LogP contribution in [0, 0.1) is 5.41 Å². The standard InChI is InChI=1S/C14H24N2O4/c1-10-7-16(8-11(2)20-10)13(19)15-9-14(4-3-5-14)6-12(17)18/h10-11H,3-9H2,1-2H3,(H,15,19)(H,17,18). The molecule has 2 atom stereocenters. The number of hydrogen-bond donors (Lipinski definition) is 2. The van der Waals surface area contributed by atoms with Gasteiger partial charge in [-0.05, 0) is 32.1 Å². The zero-order valence-electron chi connectivity index (χ0n) is 12.2. The fourth-order valence-electron chi connectivity index (χ4n) is 3.13. The highest BCUT2D eigenvalue weighted by molar-refractivity contribution is 5.74. The molecule has 0 aromatic heterocycles. The summed E-state index contributed by atoms with van der Waals surface area (Å²) >= 11 is 0. The van der Waals surface area contributed by atoms with Gasteiger partial charge in [0.2, 0.25) is 0 Å². The van der Waals surface area contributed by atoms with Gasteiger partial charge in [0.05, 0.1) is 18.6 Å². The van der Waals surface area contributed by atoms with Crippen molar-refractivity contribution in [1.29, 1.82) is 0 Å². The highest BCUT2D eigenvalue weighted by Gasteiger charge is 2.39. The van der Waals surface area contributed by atoms with E-state index in [9.17, 15) is 9.59 Å². The van der Waals surface area contributed by atoms with Crippen LogP contribution in [-0.4, -0.2) is 53.8 Å². The molecule has 2 fully saturated rings. The number of ether oxygens (including phenoxy) is 1. The Morgan fingerprint density at radius 3 is 2.35 bits per heavy atom. The third-order valence-electron chi connectivity index (χ3n) is 4.26. The van der Waals surface area contributed by atoms with Crippen LogP contribution in [0.2, 0.25) is 0 Å². The molecule has 1 saturated carbocycles. The molecule has 1 heterocycles. The van der Waals surface area contributed by atoms with E-state index in [0.717, 1.165) is 19.3 Å². The number of carboxylic acid groups (broad SMARTS) is 1. The van der Waals surface area contributed by atoms with Crippen molar-refractivity contribution in [2.24, 2.45) is 5.41 Å². The van der Waals surface area contributed by atoms with Crippen LogP contribution in [0.15, 0.2) is 0 Å². The van der Waals surface area contributed by atoms with Crippen LogP contribution in [0.4, 0.5) is 4.79 Å². The molecule has 0 spiro atoms. The maximum absolute atomic E-state index is 12.2. The van der Waals surface area contributed by atoms with Crippen LogP contribution in [0.3, 0.4) is 0 Å². The molecule has 20 heavy (non-hydrogen) atoms. The van der Waals surface area contributed by atoms with Crippen molar-refractivity contribution in [2.75, 3.05) is 19.6 Å². The Morgan fingerprint density at radius 1 is 1.30 bits per heavy atom. The van der Waals surface area contributed by atoms with E-state index in [1.165, 1.54) is 0 Å². The molecule has 0 radical (unpaired) electrons. The second-order valence-electron chi connectivity index (χ2n) is 6.25. The smallest absolute Gasteiger partial charge is 0.317 e. The molecule has 0 aromatic carbocycles. The topological polar surface area (TPSA) is 78.9 Å². The second kappa shape index (κ2) is 5.99. The molecule has 1 aliphatic heterocycles. The van der Waals surface area contributed by atoms with Crippen molar-refractivity contribution in [3.8, 4) is 0 Å². The van der Waals surface area contributed by atoms with Gasteiger partial charge in [-0.15, -0.1) is 0 Å². The van der Waals surface area contributed by atoms with Crippen molar-refractivity contribution >= 4 is 12.0 Å². The van der Waals surface area contributed by atoms with Gasteiger partial charge in [0, 0.05) is 19.6 Å². The number of carboxylic acids is 1.